The molecule has 0 amide bonds. The molecule has 9 nitrogen and oxygen atoms in total. The minimum Gasteiger partial charge on any atom is -0.476 e. The second-order valence-electron chi connectivity index (χ2n) is 9.19. The molecule has 0 radical (unpaired) electrons. The van der Waals surface area contributed by atoms with Crippen LogP contribution in [0.25, 0.3) is 44.2 Å². The van der Waals surface area contributed by atoms with Gasteiger partial charge in [-0.25, -0.2) is 9.97 Å². The highest BCUT2D eigenvalue weighted by Gasteiger charge is 2.20. The predicted molar refractivity (Wildman–Crippen MR) is 141 cm³/mol. The first-order chi connectivity index (χ1) is 17.6. The van der Waals surface area contributed by atoms with Crippen LogP contribution in [0.5, 0.6) is 5.88 Å². The molecule has 0 saturated carbocycles. The molecule has 0 bridgehead atoms. The highest BCUT2D eigenvalue weighted by Crippen LogP contribution is 2.40. The fourth-order valence-electron chi connectivity index (χ4n) is 5.10. The van der Waals surface area contributed by atoms with Crippen LogP contribution in [0.15, 0.2) is 53.7 Å². The van der Waals surface area contributed by atoms with Gasteiger partial charge in [0.15, 0.2) is 0 Å². The lowest BCUT2D eigenvalue weighted by atomic mass is 9.91. The van der Waals surface area contributed by atoms with Crippen LogP contribution in [-0.4, -0.2) is 56.3 Å². The zero-order chi connectivity index (χ0) is 24.6. The molecular formula is C27H27N7O2. The quantitative estimate of drug-likeness (QED) is 0.314. The molecule has 0 aliphatic carbocycles. The van der Waals surface area contributed by atoms with E-state index in [4.69, 9.17) is 15.5 Å². The van der Waals surface area contributed by atoms with Crippen molar-refractivity contribution < 1.29 is 4.74 Å². The molecule has 0 atom stereocenters. The molecule has 4 heterocycles. The molecule has 0 spiro atoms. The van der Waals surface area contributed by atoms with Gasteiger partial charge in [-0.05, 0) is 62.2 Å². The summed E-state index contributed by atoms with van der Waals surface area (Å²) >= 11 is 0. The van der Waals surface area contributed by atoms with E-state index < -0.39 is 0 Å². The number of nitrogen functional groups attached to an aromatic ring is 1. The topological polar surface area (TPSA) is 126 Å². The molecule has 1 aliphatic rings. The number of nitrogens with two attached hydrogens (primary N) is 1. The van der Waals surface area contributed by atoms with E-state index in [1.165, 1.54) is 19.2 Å². The summed E-state index contributed by atoms with van der Waals surface area (Å²) in [5, 5.41) is 8.49. The van der Waals surface area contributed by atoms with Gasteiger partial charge in [-0.15, -0.1) is 0 Å². The molecule has 1 saturated heterocycles. The largest absolute Gasteiger partial charge is 0.476 e. The Labute approximate surface area is 207 Å². The summed E-state index contributed by atoms with van der Waals surface area (Å²) < 4.78 is 5.99. The Morgan fingerprint density at radius 3 is 2.86 bits per heavy atom. The van der Waals surface area contributed by atoms with Crippen molar-refractivity contribution in [1.29, 1.82) is 0 Å². The number of hydrogen-bond donors (Lipinski definition) is 3. The summed E-state index contributed by atoms with van der Waals surface area (Å²) in [6.07, 6.45) is 5.67. The Morgan fingerprint density at radius 2 is 2.00 bits per heavy atom. The maximum Gasteiger partial charge on any atom is 0.260 e. The van der Waals surface area contributed by atoms with Crippen molar-refractivity contribution in [2.24, 2.45) is 0 Å². The van der Waals surface area contributed by atoms with Crippen LogP contribution >= 0.6 is 0 Å². The molecule has 2 aromatic carbocycles. The highest BCUT2D eigenvalue weighted by atomic mass is 16.5. The molecule has 1 aliphatic heterocycles. The van der Waals surface area contributed by atoms with E-state index in [2.05, 4.69) is 25.1 Å². The van der Waals surface area contributed by atoms with E-state index in [1.54, 1.807) is 6.20 Å². The van der Waals surface area contributed by atoms with Crippen molar-refractivity contribution in [2.45, 2.75) is 19.8 Å². The van der Waals surface area contributed by atoms with Gasteiger partial charge in [-0.2, -0.15) is 5.10 Å². The van der Waals surface area contributed by atoms with Crippen molar-refractivity contribution in [2.75, 3.05) is 32.0 Å². The van der Waals surface area contributed by atoms with E-state index in [-0.39, 0.29) is 5.56 Å². The van der Waals surface area contributed by atoms with Gasteiger partial charge >= 0.3 is 0 Å². The number of pyridine rings is 1. The Kier molecular flexibility index (Phi) is 5.61. The number of nitrogens with one attached hydrogen (secondary N) is 2. The normalized spacial score (nSPS) is 14.1. The molecule has 36 heavy (non-hydrogen) atoms. The summed E-state index contributed by atoms with van der Waals surface area (Å²) in [5.41, 5.74) is 12.2. The summed E-state index contributed by atoms with van der Waals surface area (Å²) in [4.78, 5) is 27.3. The number of aromatic nitrogens is 5. The molecular weight excluding hydrogens is 454 g/mol. The van der Waals surface area contributed by atoms with E-state index >= 15 is 0 Å². The second kappa shape index (κ2) is 9.09. The first-order valence-electron chi connectivity index (χ1n) is 12.2. The number of ether oxygens (including phenoxy) is 1. The van der Waals surface area contributed by atoms with Gasteiger partial charge in [0.25, 0.3) is 5.56 Å². The van der Waals surface area contributed by atoms with Crippen molar-refractivity contribution in [3.8, 4) is 28.3 Å². The van der Waals surface area contributed by atoms with Crippen LogP contribution in [0.1, 0.15) is 18.4 Å². The van der Waals surface area contributed by atoms with Crippen LogP contribution in [0.3, 0.4) is 0 Å². The maximum atomic E-state index is 13.0. The average Bonchev–Trinajstić information content (AvgIpc) is 3.57. The molecule has 1 fully saturated rings. The van der Waals surface area contributed by atoms with Crippen LogP contribution < -0.4 is 16.0 Å². The van der Waals surface area contributed by atoms with E-state index in [0.717, 1.165) is 47.2 Å². The summed E-state index contributed by atoms with van der Waals surface area (Å²) in [7, 11) is 0. The Balaban J connectivity index is 1.48. The number of likely N-dealkylation sites (tertiary alicyclic amines) is 1. The molecule has 3 aromatic heterocycles. The van der Waals surface area contributed by atoms with E-state index in [0.29, 0.717) is 40.3 Å². The molecule has 4 N–H and O–H groups in total. The Morgan fingerprint density at radius 1 is 1.14 bits per heavy atom. The first kappa shape index (κ1) is 22.2. The lowest BCUT2D eigenvalue weighted by Crippen LogP contribution is -2.25. The Hall–Kier alpha value is -4.24. The minimum atomic E-state index is -0.296. The van der Waals surface area contributed by atoms with Gasteiger partial charge in [-0.1, -0.05) is 12.1 Å². The Bertz CT molecular complexity index is 1630. The average molecular weight is 482 g/mol. The zero-order valence-electron chi connectivity index (χ0n) is 20.0. The maximum absolute atomic E-state index is 13.0. The number of nitrogens with zero attached hydrogens (tertiary/aromatic N) is 4. The van der Waals surface area contributed by atoms with E-state index in [9.17, 15) is 4.79 Å². The third kappa shape index (κ3) is 3.87. The first-order valence-corrected chi connectivity index (χ1v) is 12.2. The van der Waals surface area contributed by atoms with Gasteiger partial charge in [0.1, 0.15) is 6.61 Å². The third-order valence-corrected chi connectivity index (χ3v) is 6.91. The van der Waals surface area contributed by atoms with Gasteiger partial charge in [0.05, 0.1) is 40.3 Å². The monoisotopic (exact) mass is 481 g/mol. The number of hydrogen-bond acceptors (Lipinski definition) is 7. The standard InChI is InChI=1S/C27H27N7O2/c1-16-7-8-21-19(14-31-33-21)23(16)18-13-17(26-24(25(18)28)27(35)30-15-29-26)20-5-4-6-22(32-20)36-12-11-34-9-2-3-10-34/h4-8,13-15H,2-3,9-12,28H2,1H3,(H,31,33)(H,29,30,35). The lowest BCUT2D eigenvalue weighted by molar-refractivity contribution is 0.232. The van der Waals surface area contributed by atoms with Gasteiger partial charge in [0, 0.05) is 29.1 Å². The smallest absolute Gasteiger partial charge is 0.260 e. The molecule has 182 valence electrons. The predicted octanol–water partition coefficient (Wildman–Crippen LogP) is 3.89. The number of rotatable bonds is 6. The molecule has 6 rings (SSSR count). The lowest BCUT2D eigenvalue weighted by Gasteiger charge is -2.16. The minimum absolute atomic E-state index is 0.296. The van der Waals surface area contributed by atoms with Crippen molar-refractivity contribution in [3.63, 3.8) is 0 Å². The van der Waals surface area contributed by atoms with Crippen LogP contribution in [0, 0.1) is 6.92 Å². The van der Waals surface area contributed by atoms with Crippen molar-refractivity contribution in [3.05, 3.63) is 64.8 Å². The second-order valence-corrected chi connectivity index (χ2v) is 9.19. The number of anilines is 1. The number of aryl methyl sites for hydroxylation is 1. The SMILES string of the molecule is Cc1ccc2[nH]ncc2c1-c1cc(-c2cccc(OCCN3CCCC3)n2)c2nc[nH]c(=O)c2c1N. The fourth-order valence-corrected chi connectivity index (χ4v) is 5.10. The zero-order valence-corrected chi connectivity index (χ0v) is 20.0. The molecule has 9 heteroatoms. The number of H-pyrrole nitrogens is 2. The number of benzene rings is 2. The van der Waals surface area contributed by atoms with Crippen molar-refractivity contribution in [1.82, 2.24) is 30.0 Å². The summed E-state index contributed by atoms with van der Waals surface area (Å²) in [5.74, 6) is 0.538. The highest BCUT2D eigenvalue weighted by molar-refractivity contribution is 6.09. The van der Waals surface area contributed by atoms with Gasteiger partial charge < -0.3 is 15.5 Å². The van der Waals surface area contributed by atoms with Gasteiger partial charge in [0.2, 0.25) is 5.88 Å². The number of aromatic amines is 2. The fraction of sp³-hybridized carbons (Fsp3) is 0.259. The van der Waals surface area contributed by atoms with Crippen LogP contribution in [-0.2, 0) is 0 Å². The number of fused-ring (bicyclic) bond motifs is 2. The van der Waals surface area contributed by atoms with Crippen LogP contribution in [0.4, 0.5) is 5.69 Å². The van der Waals surface area contributed by atoms with Crippen molar-refractivity contribution >= 4 is 27.5 Å². The van der Waals surface area contributed by atoms with Gasteiger partial charge in [-0.3, -0.25) is 14.8 Å². The summed E-state index contributed by atoms with van der Waals surface area (Å²) in [6.45, 7) is 5.72. The van der Waals surface area contributed by atoms with Crippen LogP contribution in [0.2, 0.25) is 0 Å². The summed E-state index contributed by atoms with van der Waals surface area (Å²) in [6, 6.07) is 11.6. The molecule has 0 unspecified atom stereocenters. The molecule has 5 aromatic rings. The third-order valence-electron chi connectivity index (χ3n) is 6.91. The van der Waals surface area contributed by atoms with E-state index in [1.807, 2.05) is 43.3 Å².